The van der Waals surface area contributed by atoms with E-state index in [2.05, 4.69) is 43.2 Å². The molecule has 0 aliphatic heterocycles. The first kappa shape index (κ1) is 14.3. The zero-order valence-corrected chi connectivity index (χ0v) is 11.6. The summed E-state index contributed by atoms with van der Waals surface area (Å²) in [6, 6.07) is 1.45. The molecular formula is C13H27N3O. The standard InChI is InChI=1S/C13H27N3O/c1-10(2)16(11(3)4)9-8-14-13(17)15-12-6-5-7-12/h10-12H,5-9H2,1-4H3,(H2,14,15,17). The minimum atomic E-state index is -0.0119. The second-order valence-electron chi connectivity index (χ2n) is 5.45. The maximum absolute atomic E-state index is 11.5. The highest BCUT2D eigenvalue weighted by molar-refractivity contribution is 5.74. The lowest BCUT2D eigenvalue weighted by Gasteiger charge is -2.31. The molecule has 0 aromatic heterocycles. The van der Waals surface area contributed by atoms with Crippen molar-refractivity contribution < 1.29 is 4.79 Å². The number of nitrogens with zero attached hydrogens (tertiary/aromatic N) is 1. The Bertz CT molecular complexity index is 229. The van der Waals surface area contributed by atoms with Gasteiger partial charge in [0.1, 0.15) is 0 Å². The number of carbonyl (C=O) groups is 1. The molecule has 0 aromatic rings. The van der Waals surface area contributed by atoms with E-state index in [0.717, 1.165) is 25.9 Å². The van der Waals surface area contributed by atoms with Crippen LogP contribution in [0.5, 0.6) is 0 Å². The van der Waals surface area contributed by atoms with Gasteiger partial charge in [0.25, 0.3) is 0 Å². The maximum Gasteiger partial charge on any atom is 0.315 e. The van der Waals surface area contributed by atoms with Gasteiger partial charge in [-0.15, -0.1) is 0 Å². The quantitative estimate of drug-likeness (QED) is 0.746. The van der Waals surface area contributed by atoms with Crippen molar-refractivity contribution in [2.24, 2.45) is 0 Å². The average Bonchev–Trinajstić information content (AvgIpc) is 2.17. The van der Waals surface area contributed by atoms with Crippen LogP contribution in [0.25, 0.3) is 0 Å². The van der Waals surface area contributed by atoms with Crippen LogP contribution in [0.3, 0.4) is 0 Å². The van der Waals surface area contributed by atoms with E-state index in [4.69, 9.17) is 0 Å². The monoisotopic (exact) mass is 241 g/mol. The van der Waals surface area contributed by atoms with Crippen molar-refractivity contribution >= 4 is 6.03 Å². The topological polar surface area (TPSA) is 44.4 Å². The van der Waals surface area contributed by atoms with E-state index in [1.807, 2.05) is 0 Å². The lowest BCUT2D eigenvalue weighted by molar-refractivity contribution is 0.174. The van der Waals surface area contributed by atoms with Crippen molar-refractivity contribution in [1.29, 1.82) is 0 Å². The predicted octanol–water partition coefficient (Wildman–Crippen LogP) is 1.96. The molecule has 0 bridgehead atoms. The van der Waals surface area contributed by atoms with Crippen LogP contribution in [0.15, 0.2) is 0 Å². The fourth-order valence-electron chi connectivity index (χ4n) is 2.20. The first-order valence-corrected chi connectivity index (χ1v) is 6.80. The molecule has 1 saturated carbocycles. The van der Waals surface area contributed by atoms with Crippen molar-refractivity contribution in [3.05, 3.63) is 0 Å². The van der Waals surface area contributed by atoms with E-state index in [-0.39, 0.29) is 6.03 Å². The molecule has 1 aliphatic rings. The average molecular weight is 241 g/mol. The predicted molar refractivity (Wildman–Crippen MR) is 71.2 cm³/mol. The Balaban J connectivity index is 2.14. The smallest absolute Gasteiger partial charge is 0.315 e. The second kappa shape index (κ2) is 6.84. The van der Waals surface area contributed by atoms with E-state index in [1.54, 1.807) is 0 Å². The number of amides is 2. The van der Waals surface area contributed by atoms with Crippen molar-refractivity contribution in [3.8, 4) is 0 Å². The molecule has 2 N–H and O–H groups in total. The van der Waals surface area contributed by atoms with Crippen LogP contribution in [-0.4, -0.2) is 42.1 Å². The number of hydrogen-bond acceptors (Lipinski definition) is 2. The summed E-state index contributed by atoms with van der Waals surface area (Å²) in [6.45, 7) is 10.4. The highest BCUT2D eigenvalue weighted by Crippen LogP contribution is 2.17. The SMILES string of the molecule is CC(C)N(CCNC(=O)NC1CCC1)C(C)C. The molecule has 0 radical (unpaired) electrons. The first-order valence-electron chi connectivity index (χ1n) is 6.80. The number of carbonyl (C=O) groups excluding carboxylic acids is 1. The summed E-state index contributed by atoms with van der Waals surface area (Å²) in [6.07, 6.45) is 3.52. The molecule has 1 aliphatic carbocycles. The summed E-state index contributed by atoms with van der Waals surface area (Å²) < 4.78 is 0. The Morgan fingerprint density at radius 1 is 1.24 bits per heavy atom. The molecule has 4 heteroatoms. The van der Waals surface area contributed by atoms with Gasteiger partial charge in [0.15, 0.2) is 0 Å². The van der Waals surface area contributed by atoms with Gasteiger partial charge < -0.3 is 10.6 Å². The van der Waals surface area contributed by atoms with Gasteiger partial charge in [0.2, 0.25) is 0 Å². The lowest BCUT2D eigenvalue weighted by atomic mass is 9.93. The summed E-state index contributed by atoms with van der Waals surface area (Å²) in [5, 5.41) is 5.91. The zero-order valence-electron chi connectivity index (χ0n) is 11.6. The van der Waals surface area contributed by atoms with Gasteiger partial charge in [0, 0.05) is 31.2 Å². The zero-order chi connectivity index (χ0) is 12.8. The van der Waals surface area contributed by atoms with Crippen molar-refractivity contribution in [1.82, 2.24) is 15.5 Å². The Labute approximate surface area is 105 Å². The highest BCUT2D eigenvalue weighted by atomic mass is 16.2. The molecule has 4 nitrogen and oxygen atoms in total. The largest absolute Gasteiger partial charge is 0.337 e. The van der Waals surface area contributed by atoms with E-state index in [1.165, 1.54) is 6.42 Å². The summed E-state index contributed by atoms with van der Waals surface area (Å²) in [7, 11) is 0. The molecule has 0 unspecified atom stereocenters. The van der Waals surface area contributed by atoms with Crippen LogP contribution in [0, 0.1) is 0 Å². The van der Waals surface area contributed by atoms with E-state index >= 15 is 0 Å². The number of nitrogens with one attached hydrogen (secondary N) is 2. The number of rotatable bonds is 6. The normalized spacial score (nSPS) is 16.4. The molecule has 100 valence electrons. The van der Waals surface area contributed by atoms with Crippen LogP contribution in [0.1, 0.15) is 47.0 Å². The second-order valence-corrected chi connectivity index (χ2v) is 5.45. The Kier molecular flexibility index (Phi) is 5.75. The third-order valence-corrected chi connectivity index (χ3v) is 3.42. The molecule has 0 atom stereocenters. The minimum absolute atomic E-state index is 0.0119. The van der Waals surface area contributed by atoms with E-state index < -0.39 is 0 Å². The van der Waals surface area contributed by atoms with Gasteiger partial charge in [-0.3, -0.25) is 4.90 Å². The van der Waals surface area contributed by atoms with Gasteiger partial charge in [0.05, 0.1) is 0 Å². The van der Waals surface area contributed by atoms with E-state index in [0.29, 0.717) is 18.1 Å². The molecule has 0 aromatic carbocycles. The van der Waals surface area contributed by atoms with Gasteiger partial charge in [-0.2, -0.15) is 0 Å². The fourth-order valence-corrected chi connectivity index (χ4v) is 2.20. The molecule has 0 heterocycles. The minimum Gasteiger partial charge on any atom is -0.337 e. The highest BCUT2D eigenvalue weighted by Gasteiger charge is 2.19. The van der Waals surface area contributed by atoms with E-state index in [9.17, 15) is 4.79 Å². The van der Waals surface area contributed by atoms with Crippen molar-refractivity contribution in [2.75, 3.05) is 13.1 Å². The third-order valence-electron chi connectivity index (χ3n) is 3.42. The van der Waals surface area contributed by atoms with Crippen LogP contribution in [-0.2, 0) is 0 Å². The third kappa shape index (κ3) is 4.94. The van der Waals surface area contributed by atoms with Crippen LogP contribution in [0.4, 0.5) is 4.79 Å². The van der Waals surface area contributed by atoms with Gasteiger partial charge in [-0.25, -0.2) is 4.79 Å². The summed E-state index contributed by atoms with van der Waals surface area (Å²) >= 11 is 0. The van der Waals surface area contributed by atoms with Gasteiger partial charge >= 0.3 is 6.03 Å². The van der Waals surface area contributed by atoms with Gasteiger partial charge in [-0.1, -0.05) is 0 Å². The Morgan fingerprint density at radius 2 is 1.82 bits per heavy atom. The number of hydrogen-bond donors (Lipinski definition) is 2. The van der Waals surface area contributed by atoms with Crippen LogP contribution < -0.4 is 10.6 Å². The Morgan fingerprint density at radius 3 is 2.24 bits per heavy atom. The lowest BCUT2D eigenvalue weighted by Crippen LogP contribution is -2.48. The van der Waals surface area contributed by atoms with Crippen LogP contribution >= 0.6 is 0 Å². The molecule has 1 rings (SSSR count). The molecular weight excluding hydrogens is 214 g/mol. The molecule has 17 heavy (non-hydrogen) atoms. The van der Waals surface area contributed by atoms with Crippen molar-refractivity contribution in [3.63, 3.8) is 0 Å². The molecule has 1 fully saturated rings. The Hall–Kier alpha value is -0.770. The van der Waals surface area contributed by atoms with Crippen molar-refractivity contribution in [2.45, 2.75) is 65.1 Å². The maximum atomic E-state index is 11.5. The molecule has 0 spiro atoms. The number of urea groups is 1. The molecule has 2 amide bonds. The summed E-state index contributed by atoms with van der Waals surface area (Å²) in [4.78, 5) is 13.9. The first-order chi connectivity index (χ1) is 8.00. The summed E-state index contributed by atoms with van der Waals surface area (Å²) in [5.41, 5.74) is 0. The van der Waals surface area contributed by atoms with Gasteiger partial charge in [-0.05, 0) is 47.0 Å². The fraction of sp³-hybridized carbons (Fsp3) is 0.923. The van der Waals surface area contributed by atoms with Crippen LogP contribution in [0.2, 0.25) is 0 Å². The summed E-state index contributed by atoms with van der Waals surface area (Å²) in [5.74, 6) is 0. The molecule has 0 saturated heterocycles.